The molecule has 0 unspecified atom stereocenters. The van der Waals surface area contributed by atoms with Crippen LogP contribution in [0.15, 0.2) is 48.6 Å². The van der Waals surface area contributed by atoms with Crippen molar-refractivity contribution >= 4 is 11.9 Å². The highest BCUT2D eigenvalue weighted by Crippen LogP contribution is 2.55. The molecule has 0 aromatic heterocycles. The smallest absolute Gasteiger partial charge is 0.330 e. The lowest BCUT2D eigenvalue weighted by molar-refractivity contribution is -0.263. The maximum atomic E-state index is 12.4. The maximum absolute atomic E-state index is 12.4. The minimum atomic E-state index is -1.34. The molecule has 0 saturated carbocycles. The van der Waals surface area contributed by atoms with Crippen molar-refractivity contribution in [3.05, 3.63) is 48.6 Å². The Morgan fingerprint density at radius 3 is 1.14 bits per heavy atom. The summed E-state index contributed by atoms with van der Waals surface area (Å²) in [5.41, 5.74) is -4.57. The van der Waals surface area contributed by atoms with Gasteiger partial charge < -0.3 is 19.7 Å². The van der Waals surface area contributed by atoms with Crippen LogP contribution >= 0.6 is 0 Å². The van der Waals surface area contributed by atoms with E-state index in [1.54, 1.807) is 24.3 Å². The van der Waals surface area contributed by atoms with Gasteiger partial charge in [-0.2, -0.15) is 0 Å². The Hall–Kier alpha value is -2.26. The van der Waals surface area contributed by atoms with Gasteiger partial charge in [0, 0.05) is 47.4 Å². The SMILES string of the molecule is CC=CC=CC(=O)OCCN1C(C)(C)CC(O)(C2(O)CC(C)(C)N(CCOC(=O)C=CC=CC)C(C)(C)C2)CC1(C)C. The Bertz CT molecular complexity index is 946. The van der Waals surface area contributed by atoms with E-state index < -0.39 is 33.4 Å². The molecule has 0 aromatic rings. The number of esters is 2. The molecular weight excluding hydrogens is 532 g/mol. The fraction of sp³-hybridized carbons (Fsp3) is 0.706. The molecular formula is C34H56N2O6. The number of carbonyl (C=O) groups is 2. The number of piperidine rings is 2. The molecule has 0 atom stereocenters. The first-order chi connectivity index (χ1) is 19.3. The monoisotopic (exact) mass is 588 g/mol. The van der Waals surface area contributed by atoms with Crippen LogP contribution in [0.25, 0.3) is 0 Å². The van der Waals surface area contributed by atoms with Crippen molar-refractivity contribution in [1.29, 1.82) is 0 Å². The summed E-state index contributed by atoms with van der Waals surface area (Å²) in [4.78, 5) is 28.7. The summed E-state index contributed by atoms with van der Waals surface area (Å²) in [6.07, 6.45) is 14.8. The predicted molar refractivity (Wildman–Crippen MR) is 168 cm³/mol. The normalized spacial score (nSPS) is 25.0. The minimum Gasteiger partial charge on any atom is -0.461 e. The van der Waals surface area contributed by atoms with Gasteiger partial charge in [-0.25, -0.2) is 9.59 Å². The summed E-state index contributed by atoms with van der Waals surface area (Å²) in [6.45, 7) is 21.9. The molecule has 0 aliphatic carbocycles. The van der Waals surface area contributed by atoms with Crippen LogP contribution in [-0.2, 0) is 19.1 Å². The molecule has 2 fully saturated rings. The third kappa shape index (κ3) is 8.65. The summed E-state index contributed by atoms with van der Waals surface area (Å²) in [5, 5.41) is 24.8. The van der Waals surface area contributed by atoms with Crippen molar-refractivity contribution in [3.63, 3.8) is 0 Å². The predicted octanol–water partition coefficient (Wildman–Crippen LogP) is 5.11. The zero-order valence-corrected chi connectivity index (χ0v) is 27.7. The van der Waals surface area contributed by atoms with Gasteiger partial charge in [-0.1, -0.05) is 36.5 Å². The number of ether oxygens (including phenoxy) is 2. The van der Waals surface area contributed by atoms with E-state index in [0.717, 1.165) is 0 Å². The van der Waals surface area contributed by atoms with Crippen molar-refractivity contribution in [2.24, 2.45) is 0 Å². The third-order valence-corrected chi connectivity index (χ3v) is 8.88. The number of rotatable bonds is 11. The molecule has 2 aliphatic rings. The van der Waals surface area contributed by atoms with E-state index in [4.69, 9.17) is 9.47 Å². The first kappa shape index (κ1) is 35.9. The molecule has 8 heteroatoms. The number of aliphatic hydroxyl groups is 2. The Labute approximate surface area is 254 Å². The van der Waals surface area contributed by atoms with E-state index in [1.165, 1.54) is 12.2 Å². The summed E-state index contributed by atoms with van der Waals surface area (Å²) in [7, 11) is 0. The number of allylic oxidation sites excluding steroid dienone is 6. The van der Waals surface area contributed by atoms with Crippen LogP contribution in [0.5, 0.6) is 0 Å². The lowest BCUT2D eigenvalue weighted by Gasteiger charge is -2.66. The van der Waals surface area contributed by atoms with Crippen molar-refractivity contribution in [2.75, 3.05) is 26.3 Å². The number of nitrogens with zero attached hydrogens (tertiary/aromatic N) is 2. The lowest BCUT2D eigenvalue weighted by Crippen LogP contribution is -2.76. The molecule has 2 heterocycles. The van der Waals surface area contributed by atoms with E-state index in [-0.39, 0.29) is 25.2 Å². The van der Waals surface area contributed by atoms with Gasteiger partial charge in [0.25, 0.3) is 0 Å². The highest BCUT2D eigenvalue weighted by atomic mass is 16.5. The average molecular weight is 589 g/mol. The highest BCUT2D eigenvalue weighted by Gasteiger charge is 2.64. The van der Waals surface area contributed by atoms with Crippen LogP contribution < -0.4 is 0 Å². The zero-order valence-electron chi connectivity index (χ0n) is 27.7. The van der Waals surface area contributed by atoms with Crippen LogP contribution in [-0.4, -0.2) is 91.6 Å². The second-order valence-corrected chi connectivity index (χ2v) is 14.4. The average Bonchev–Trinajstić information content (AvgIpc) is 2.81. The first-order valence-electron chi connectivity index (χ1n) is 15.2. The van der Waals surface area contributed by atoms with E-state index in [9.17, 15) is 19.8 Å². The van der Waals surface area contributed by atoms with Gasteiger partial charge in [-0.05, 0) is 94.9 Å². The van der Waals surface area contributed by atoms with Gasteiger partial charge in [-0.15, -0.1) is 0 Å². The molecule has 0 radical (unpaired) electrons. The summed E-state index contributed by atoms with van der Waals surface area (Å²) >= 11 is 0. The molecule has 2 rings (SSSR count). The maximum Gasteiger partial charge on any atom is 0.330 e. The van der Waals surface area contributed by atoms with Gasteiger partial charge in [0.2, 0.25) is 0 Å². The zero-order chi connectivity index (χ0) is 32.0. The van der Waals surface area contributed by atoms with Gasteiger partial charge in [0.15, 0.2) is 0 Å². The van der Waals surface area contributed by atoms with Gasteiger partial charge in [-0.3, -0.25) is 9.80 Å². The Balaban J connectivity index is 2.18. The molecule has 0 aromatic carbocycles. The lowest BCUT2D eigenvalue weighted by atomic mass is 9.57. The van der Waals surface area contributed by atoms with E-state index in [0.29, 0.717) is 38.8 Å². The molecule has 0 amide bonds. The molecule has 42 heavy (non-hydrogen) atoms. The molecule has 238 valence electrons. The molecule has 2 N–H and O–H groups in total. The molecule has 2 saturated heterocycles. The second-order valence-electron chi connectivity index (χ2n) is 14.4. The van der Waals surface area contributed by atoms with Gasteiger partial charge in [0.1, 0.15) is 13.2 Å². The molecule has 2 aliphatic heterocycles. The summed E-state index contributed by atoms with van der Waals surface area (Å²) in [5.74, 6) is -0.773. The van der Waals surface area contributed by atoms with Crippen LogP contribution in [0.3, 0.4) is 0 Å². The van der Waals surface area contributed by atoms with Crippen LogP contribution in [0.1, 0.15) is 94.9 Å². The number of hydrogen-bond acceptors (Lipinski definition) is 8. The largest absolute Gasteiger partial charge is 0.461 e. The van der Waals surface area contributed by atoms with Gasteiger partial charge >= 0.3 is 11.9 Å². The minimum absolute atomic E-state index is 0.235. The Morgan fingerprint density at radius 1 is 0.595 bits per heavy atom. The summed E-state index contributed by atoms with van der Waals surface area (Å²) < 4.78 is 10.9. The fourth-order valence-corrected chi connectivity index (χ4v) is 7.94. The molecule has 0 bridgehead atoms. The topological polar surface area (TPSA) is 99.5 Å². The van der Waals surface area contributed by atoms with Crippen molar-refractivity contribution < 1.29 is 29.3 Å². The number of likely N-dealkylation sites (tertiary alicyclic amines) is 2. The van der Waals surface area contributed by atoms with Crippen molar-refractivity contribution in [2.45, 2.75) is 128 Å². The number of hydrogen-bond donors (Lipinski definition) is 2. The second kappa shape index (κ2) is 13.6. The van der Waals surface area contributed by atoms with Crippen LogP contribution in [0, 0.1) is 0 Å². The van der Waals surface area contributed by atoms with Crippen molar-refractivity contribution in [1.82, 2.24) is 9.80 Å². The van der Waals surface area contributed by atoms with Crippen molar-refractivity contribution in [3.8, 4) is 0 Å². The fourth-order valence-electron chi connectivity index (χ4n) is 7.94. The molecule has 8 nitrogen and oxygen atoms in total. The summed E-state index contributed by atoms with van der Waals surface area (Å²) in [6, 6.07) is 0. The van der Waals surface area contributed by atoms with Crippen LogP contribution in [0.2, 0.25) is 0 Å². The molecule has 0 spiro atoms. The highest BCUT2D eigenvalue weighted by molar-refractivity contribution is 5.82. The number of carbonyl (C=O) groups excluding carboxylic acids is 2. The quantitative estimate of drug-likeness (QED) is 0.195. The Kier molecular flexibility index (Phi) is 11.6. The third-order valence-electron chi connectivity index (χ3n) is 8.88. The van der Waals surface area contributed by atoms with Crippen LogP contribution in [0.4, 0.5) is 0 Å². The van der Waals surface area contributed by atoms with E-state index in [1.807, 2.05) is 26.0 Å². The Morgan fingerprint density at radius 2 is 0.881 bits per heavy atom. The van der Waals surface area contributed by atoms with Gasteiger partial charge in [0.05, 0.1) is 11.2 Å². The first-order valence-corrected chi connectivity index (χ1v) is 15.2. The standard InChI is InChI=1S/C34H56N2O6/c1-11-13-15-17-27(37)41-21-19-35-29(3,4)23-33(39,24-30(35,5)6)34(40)25-31(7,8)36(32(9,10)26-34)20-22-42-28(38)18-16-14-12-2/h11-18,39-40H,19-26H2,1-10H3. The van der Waals surface area contributed by atoms with E-state index >= 15 is 0 Å². The van der Waals surface area contributed by atoms with E-state index in [2.05, 4.69) is 65.2 Å².